The van der Waals surface area contributed by atoms with E-state index in [9.17, 15) is 24.0 Å². The summed E-state index contributed by atoms with van der Waals surface area (Å²) in [6.45, 7) is 5.29. The van der Waals surface area contributed by atoms with E-state index in [4.69, 9.17) is 9.47 Å². The van der Waals surface area contributed by atoms with Gasteiger partial charge < -0.3 is 14.5 Å². The Bertz CT molecular complexity index is 1150. The van der Waals surface area contributed by atoms with E-state index in [2.05, 4.69) is 4.98 Å². The molecular formula is C21H20N2O7S2. The smallest absolute Gasteiger partial charge is 0.338 e. The summed E-state index contributed by atoms with van der Waals surface area (Å²) in [6, 6.07) is 5.93. The van der Waals surface area contributed by atoms with Gasteiger partial charge in [-0.1, -0.05) is 23.1 Å². The number of hydrogen-bond donors (Lipinski definition) is 1. The molecule has 2 aliphatic rings. The topological polar surface area (TPSA) is 123 Å². The van der Waals surface area contributed by atoms with E-state index in [-0.39, 0.29) is 17.2 Å². The highest BCUT2D eigenvalue weighted by Gasteiger charge is 2.58. The van der Waals surface area contributed by atoms with Crippen LogP contribution in [0.5, 0.6) is 0 Å². The van der Waals surface area contributed by atoms with Crippen LogP contribution in [-0.2, 0) is 23.9 Å². The lowest BCUT2D eigenvalue weighted by Crippen LogP contribution is -2.36. The van der Waals surface area contributed by atoms with Crippen molar-refractivity contribution in [3.63, 3.8) is 0 Å². The van der Waals surface area contributed by atoms with E-state index in [0.29, 0.717) is 15.5 Å². The Morgan fingerprint density at radius 1 is 1.12 bits per heavy atom. The molecule has 0 saturated carbocycles. The highest BCUT2D eigenvalue weighted by molar-refractivity contribution is 8.00. The van der Waals surface area contributed by atoms with Gasteiger partial charge in [0, 0.05) is 0 Å². The Morgan fingerprint density at radius 2 is 1.81 bits per heavy atom. The number of thiazole rings is 1. The number of aromatic nitrogens is 1. The quantitative estimate of drug-likeness (QED) is 0.515. The molecule has 0 unspecified atom stereocenters. The average molecular weight is 477 g/mol. The highest BCUT2D eigenvalue weighted by Crippen LogP contribution is 2.51. The van der Waals surface area contributed by atoms with Gasteiger partial charge in [-0.25, -0.2) is 9.69 Å². The van der Waals surface area contributed by atoms with Crippen LogP contribution in [0.15, 0.2) is 34.1 Å². The molecule has 0 spiro atoms. The Balaban J connectivity index is 1.70. The highest BCUT2D eigenvalue weighted by atomic mass is 32.2. The third-order valence-electron chi connectivity index (χ3n) is 5.07. The molecule has 1 aromatic carbocycles. The Labute approximate surface area is 191 Å². The van der Waals surface area contributed by atoms with Gasteiger partial charge in [0.05, 0.1) is 39.8 Å². The minimum absolute atomic E-state index is 0.227. The van der Waals surface area contributed by atoms with Crippen molar-refractivity contribution in [3.8, 4) is 0 Å². The molecule has 2 aromatic rings. The van der Waals surface area contributed by atoms with Gasteiger partial charge in [-0.3, -0.25) is 19.2 Å². The molecule has 32 heavy (non-hydrogen) atoms. The molecule has 11 heteroatoms. The minimum Gasteiger partial charge on any atom is -0.462 e. The normalized spacial score (nSPS) is 22.0. The molecule has 3 heterocycles. The fourth-order valence-electron chi connectivity index (χ4n) is 3.79. The number of nitrogens with one attached hydrogen (secondary N) is 1. The van der Waals surface area contributed by atoms with Crippen LogP contribution in [0.2, 0.25) is 0 Å². The number of anilines is 1. The summed E-state index contributed by atoms with van der Waals surface area (Å²) in [6.07, 6.45) is -0.423. The summed E-state index contributed by atoms with van der Waals surface area (Å²) in [4.78, 5) is 67.1. The fraction of sp³-hybridized carbons (Fsp3) is 0.381. The van der Waals surface area contributed by atoms with Crippen molar-refractivity contribution in [1.82, 2.24) is 4.98 Å². The largest absolute Gasteiger partial charge is 0.462 e. The molecule has 2 amide bonds. The molecule has 0 radical (unpaired) electrons. The lowest BCUT2D eigenvalue weighted by Gasteiger charge is -2.28. The SMILES string of the molecule is CCOC(=O)c1ccc(N2C(=O)[C@@H]3[C@H](C(=O)OC(C)C)c4sc(=O)[nH]c4S[C@H]3C2=O)cc1. The second kappa shape index (κ2) is 8.55. The zero-order chi connectivity index (χ0) is 23.2. The molecule has 1 aromatic heterocycles. The van der Waals surface area contributed by atoms with Gasteiger partial charge in [0.1, 0.15) is 11.2 Å². The van der Waals surface area contributed by atoms with Crippen LogP contribution in [-0.4, -0.2) is 46.7 Å². The monoisotopic (exact) mass is 476 g/mol. The first kappa shape index (κ1) is 22.3. The number of aromatic amines is 1. The minimum atomic E-state index is -1.05. The molecule has 1 saturated heterocycles. The number of nitrogens with zero attached hydrogens (tertiary/aromatic N) is 1. The second-order valence-electron chi connectivity index (χ2n) is 7.51. The number of hydrogen-bond acceptors (Lipinski definition) is 9. The molecule has 168 valence electrons. The van der Waals surface area contributed by atoms with E-state index in [1.165, 1.54) is 24.3 Å². The van der Waals surface area contributed by atoms with Crippen LogP contribution < -0.4 is 9.77 Å². The van der Waals surface area contributed by atoms with Crippen LogP contribution in [0, 0.1) is 5.92 Å². The van der Waals surface area contributed by atoms with E-state index in [0.717, 1.165) is 28.0 Å². The second-order valence-corrected chi connectivity index (χ2v) is 9.68. The molecule has 3 atom stereocenters. The number of fused-ring (bicyclic) bond motifs is 2. The van der Waals surface area contributed by atoms with Gasteiger partial charge in [-0.2, -0.15) is 0 Å². The molecule has 1 fully saturated rings. The van der Waals surface area contributed by atoms with Crippen LogP contribution in [0.25, 0.3) is 0 Å². The number of carbonyl (C=O) groups excluding carboxylic acids is 4. The molecule has 0 bridgehead atoms. The van der Waals surface area contributed by atoms with E-state index in [1.54, 1.807) is 20.8 Å². The summed E-state index contributed by atoms with van der Waals surface area (Å²) < 4.78 is 10.3. The first-order chi connectivity index (χ1) is 15.2. The average Bonchev–Trinajstić information content (AvgIpc) is 3.22. The van der Waals surface area contributed by atoms with Gasteiger partial charge >= 0.3 is 16.8 Å². The van der Waals surface area contributed by atoms with Gasteiger partial charge in [-0.05, 0) is 45.0 Å². The molecule has 9 nitrogen and oxygen atoms in total. The van der Waals surface area contributed by atoms with E-state index in [1.807, 2.05) is 0 Å². The van der Waals surface area contributed by atoms with Crippen LogP contribution in [0.4, 0.5) is 5.69 Å². The Kier molecular flexibility index (Phi) is 5.95. The molecular weight excluding hydrogens is 456 g/mol. The standard InChI is InChI=1S/C21H20N2O7S2/c1-4-29-19(26)10-5-7-11(8-6-10)23-17(24)12-13(20(27)30-9(2)3)14-16(22-21(28)32-14)31-15(12)18(23)25/h5-9,12-13,15H,4H2,1-3H3,(H,22,28)/t12-,13+,15-/m1/s1. The van der Waals surface area contributed by atoms with Crippen LogP contribution >= 0.6 is 23.1 Å². The molecule has 1 N–H and O–H groups in total. The summed E-state index contributed by atoms with van der Waals surface area (Å²) in [5.41, 5.74) is 0.579. The van der Waals surface area contributed by atoms with Crippen molar-refractivity contribution in [1.29, 1.82) is 0 Å². The lowest BCUT2D eigenvalue weighted by atomic mass is 9.88. The number of esters is 2. The van der Waals surface area contributed by atoms with Crippen molar-refractivity contribution in [2.45, 2.75) is 43.1 Å². The van der Waals surface area contributed by atoms with Crippen molar-refractivity contribution in [3.05, 3.63) is 44.4 Å². The molecule has 2 aliphatic heterocycles. The number of ether oxygens (including phenoxy) is 2. The predicted molar refractivity (Wildman–Crippen MR) is 117 cm³/mol. The number of imide groups is 1. The predicted octanol–water partition coefficient (Wildman–Crippen LogP) is 2.31. The number of benzene rings is 1. The maximum atomic E-state index is 13.4. The molecule has 4 rings (SSSR count). The van der Waals surface area contributed by atoms with Gasteiger partial charge in [-0.15, -0.1) is 0 Å². The van der Waals surface area contributed by atoms with E-state index < -0.39 is 46.9 Å². The van der Waals surface area contributed by atoms with Gasteiger partial charge in [0.25, 0.3) is 0 Å². The number of amides is 2. The zero-order valence-electron chi connectivity index (χ0n) is 17.4. The van der Waals surface area contributed by atoms with Gasteiger partial charge in [0.2, 0.25) is 11.8 Å². The summed E-state index contributed by atoms with van der Waals surface area (Å²) in [5.74, 6) is -4.24. The number of carbonyl (C=O) groups is 4. The maximum Gasteiger partial charge on any atom is 0.338 e. The number of rotatable bonds is 5. The van der Waals surface area contributed by atoms with Crippen molar-refractivity contribution in [2.75, 3.05) is 11.5 Å². The zero-order valence-corrected chi connectivity index (χ0v) is 19.1. The summed E-state index contributed by atoms with van der Waals surface area (Å²) in [7, 11) is 0. The van der Waals surface area contributed by atoms with E-state index >= 15 is 0 Å². The number of H-pyrrole nitrogens is 1. The summed E-state index contributed by atoms with van der Waals surface area (Å²) in [5, 5.41) is -0.470. The first-order valence-corrected chi connectivity index (χ1v) is 11.7. The first-order valence-electron chi connectivity index (χ1n) is 9.98. The van der Waals surface area contributed by atoms with Crippen LogP contribution in [0.3, 0.4) is 0 Å². The fourth-order valence-corrected chi connectivity index (χ4v) is 6.27. The number of thioether (sulfide) groups is 1. The lowest BCUT2D eigenvalue weighted by molar-refractivity contribution is -0.152. The van der Waals surface area contributed by atoms with Gasteiger partial charge in [0.15, 0.2) is 0 Å². The summed E-state index contributed by atoms with van der Waals surface area (Å²) >= 11 is 1.92. The van der Waals surface area contributed by atoms with Crippen LogP contribution in [0.1, 0.15) is 41.9 Å². The Morgan fingerprint density at radius 3 is 2.44 bits per heavy atom. The molecule has 0 aliphatic carbocycles. The van der Waals surface area contributed by atoms with Crippen molar-refractivity contribution in [2.24, 2.45) is 5.92 Å². The van der Waals surface area contributed by atoms with Crippen molar-refractivity contribution >= 4 is 52.5 Å². The third kappa shape index (κ3) is 3.75. The third-order valence-corrected chi connectivity index (χ3v) is 7.47. The Hall–Kier alpha value is -2.92. The maximum absolute atomic E-state index is 13.4. The van der Waals surface area contributed by atoms with Crippen molar-refractivity contribution < 1.29 is 28.7 Å².